The Labute approximate surface area is 324 Å². The van der Waals surface area contributed by atoms with Crippen LogP contribution >= 0.6 is 11.9 Å². The number of para-hydroxylation sites is 1. The van der Waals surface area contributed by atoms with Gasteiger partial charge in [-0.15, -0.1) is 0 Å². The van der Waals surface area contributed by atoms with Gasteiger partial charge in [0.25, 0.3) is 5.91 Å². The number of benzene rings is 2. The van der Waals surface area contributed by atoms with Gasteiger partial charge in [0.05, 0.1) is 17.3 Å². The molecule has 0 bridgehead atoms. The van der Waals surface area contributed by atoms with E-state index in [2.05, 4.69) is 25.7 Å². The van der Waals surface area contributed by atoms with Crippen LogP contribution in [0, 0.1) is 11.8 Å². The van der Waals surface area contributed by atoms with Gasteiger partial charge in [0.2, 0.25) is 18.0 Å². The van der Waals surface area contributed by atoms with Crippen LogP contribution in [0.2, 0.25) is 0 Å². The number of fused-ring (bicyclic) bond motifs is 1. The van der Waals surface area contributed by atoms with Crippen LogP contribution in [0.15, 0.2) is 59.6 Å². The second-order valence-corrected chi connectivity index (χ2v) is 15.6. The second kappa shape index (κ2) is 18.9. The van der Waals surface area contributed by atoms with Crippen LogP contribution in [0.4, 0.5) is 36.8 Å². The Morgan fingerprint density at radius 2 is 1.32 bits per heavy atom. The summed E-state index contributed by atoms with van der Waals surface area (Å²) in [6.45, 7) is 9.33. The van der Waals surface area contributed by atoms with Crippen LogP contribution in [0.1, 0.15) is 78.4 Å². The molecule has 1 aliphatic rings. The van der Waals surface area contributed by atoms with E-state index in [0.29, 0.717) is 28.8 Å². The Hall–Kier alpha value is -4.81. The fraction of sp³-hybridized carbons (Fsp3) is 0.514. The molecular formula is C37H45F6N5O7S. The minimum Gasteiger partial charge on any atom is -0.458 e. The van der Waals surface area contributed by atoms with Crippen molar-refractivity contribution in [2.75, 3.05) is 11.1 Å². The van der Waals surface area contributed by atoms with Crippen molar-refractivity contribution in [1.29, 1.82) is 0 Å². The van der Waals surface area contributed by atoms with Gasteiger partial charge in [0.1, 0.15) is 17.2 Å². The van der Waals surface area contributed by atoms with E-state index >= 15 is 0 Å². The molecule has 1 heterocycles. The number of aliphatic imine (C=N–C) groups is 1. The Morgan fingerprint density at radius 1 is 0.786 bits per heavy atom. The number of alkyl halides is 6. The lowest BCUT2D eigenvalue weighted by atomic mass is 9.83. The first kappa shape index (κ1) is 45.6. The Kier molecular flexibility index (Phi) is 15.4. The molecule has 0 spiro atoms. The van der Waals surface area contributed by atoms with Crippen molar-refractivity contribution in [2.45, 2.75) is 103 Å². The van der Waals surface area contributed by atoms with Crippen molar-refractivity contribution in [3.8, 4) is 0 Å². The number of amides is 4. The molecule has 0 radical (unpaired) electrons. The number of carbonyl (C=O) groups excluding carboxylic acids is 5. The quantitative estimate of drug-likeness (QED) is 0.0916. The summed E-state index contributed by atoms with van der Waals surface area (Å²) in [4.78, 5) is 70.7. The average Bonchev–Trinajstić information content (AvgIpc) is 3.19. The van der Waals surface area contributed by atoms with Gasteiger partial charge in [-0.1, -0.05) is 48.5 Å². The van der Waals surface area contributed by atoms with Gasteiger partial charge >= 0.3 is 24.4 Å². The van der Waals surface area contributed by atoms with Gasteiger partial charge in [-0.25, -0.2) is 14.6 Å². The molecule has 0 fully saturated rings. The highest BCUT2D eigenvalue weighted by atomic mass is 32.2. The zero-order valence-corrected chi connectivity index (χ0v) is 32.3. The molecule has 308 valence electrons. The van der Waals surface area contributed by atoms with Crippen LogP contribution in [0.5, 0.6) is 0 Å². The fourth-order valence-corrected chi connectivity index (χ4v) is 6.12. The largest absolute Gasteiger partial charge is 0.458 e. The highest BCUT2D eigenvalue weighted by Crippen LogP contribution is 2.34. The number of nitrogens with zero attached hydrogens (tertiary/aromatic N) is 1. The summed E-state index contributed by atoms with van der Waals surface area (Å²) in [7, 11) is 0. The van der Waals surface area contributed by atoms with Crippen molar-refractivity contribution >= 4 is 53.1 Å². The highest BCUT2D eigenvalue weighted by Gasteiger charge is 2.42. The summed E-state index contributed by atoms with van der Waals surface area (Å²) in [6, 6.07) is 13.5. The van der Waals surface area contributed by atoms with Crippen LogP contribution in [0.3, 0.4) is 0 Å². The maximum atomic E-state index is 13.9. The van der Waals surface area contributed by atoms with E-state index in [-0.39, 0.29) is 5.71 Å². The average molecular weight is 818 g/mol. The number of rotatable bonds is 14. The van der Waals surface area contributed by atoms with Crippen molar-refractivity contribution in [1.82, 2.24) is 15.4 Å². The maximum Gasteiger partial charge on any atom is 0.408 e. The van der Waals surface area contributed by atoms with E-state index in [9.17, 15) is 50.3 Å². The SMILES string of the molecule is CC(C)(C)OC(=O)N[C@@H](CSNC(=O)[C@@H](CCC(F)(F)F)[C@@H](CCC(F)(F)F)C(=O)N[C@H]1N=C(c2ccccc2)c2ccccc2NC1=O)C(=O)OC(C)(C)C. The maximum absolute atomic E-state index is 13.9. The fourth-order valence-electron chi connectivity index (χ4n) is 5.35. The Balaban J connectivity index is 1.94. The number of alkyl carbamates (subject to hydrolysis) is 1. The molecule has 1 aliphatic heterocycles. The molecule has 0 aromatic heterocycles. The van der Waals surface area contributed by atoms with Crippen molar-refractivity contribution in [3.63, 3.8) is 0 Å². The van der Waals surface area contributed by atoms with Crippen molar-refractivity contribution in [2.24, 2.45) is 16.8 Å². The molecule has 12 nitrogen and oxygen atoms in total. The zero-order chi connectivity index (χ0) is 42.1. The molecule has 2 aromatic rings. The van der Waals surface area contributed by atoms with Crippen molar-refractivity contribution < 1.29 is 59.8 Å². The standard InChI is InChI=1S/C37H45F6N5O7S/c1-34(2,3)54-32(52)26(45-33(53)55-35(4,5)6)20-56-48-30(50)23(17-19-37(41,42)43)22(16-18-36(38,39)40)29(49)47-28-31(51)44-25-15-11-10-14-24(25)27(46-28)21-12-8-7-9-13-21/h7-15,22-23,26,28H,16-20H2,1-6H3,(H,44,51)(H,45,53)(H,47,49)(H,48,50)/t22-,23+,26+,28-/m1/s1. The summed E-state index contributed by atoms with van der Waals surface area (Å²) in [5.74, 6) is -8.99. The van der Waals surface area contributed by atoms with E-state index in [1.54, 1.807) is 96.1 Å². The molecule has 4 N–H and O–H groups in total. The van der Waals surface area contributed by atoms with E-state index < -0.39 is 109 Å². The monoisotopic (exact) mass is 817 g/mol. The molecule has 0 saturated carbocycles. The van der Waals surface area contributed by atoms with E-state index in [1.807, 2.05) is 0 Å². The number of anilines is 1. The smallest absolute Gasteiger partial charge is 0.408 e. The number of esters is 1. The highest BCUT2D eigenvalue weighted by molar-refractivity contribution is 7.98. The summed E-state index contributed by atoms with van der Waals surface area (Å²) in [6.07, 6.45) is -18.1. The van der Waals surface area contributed by atoms with E-state index in [4.69, 9.17) is 9.47 Å². The summed E-state index contributed by atoms with van der Waals surface area (Å²) < 4.78 is 94.1. The lowest BCUT2D eigenvalue weighted by Crippen LogP contribution is -2.49. The molecule has 0 unspecified atom stereocenters. The number of ether oxygens (including phenoxy) is 2. The zero-order valence-electron chi connectivity index (χ0n) is 31.5. The Bertz CT molecular complexity index is 1740. The van der Waals surface area contributed by atoms with Gasteiger partial charge in [-0.2, -0.15) is 26.3 Å². The first-order valence-corrected chi connectivity index (χ1v) is 18.4. The molecule has 4 atom stereocenters. The predicted molar refractivity (Wildman–Crippen MR) is 196 cm³/mol. The van der Waals surface area contributed by atoms with Crippen LogP contribution in [-0.2, 0) is 28.7 Å². The molecular weight excluding hydrogens is 772 g/mol. The molecule has 4 amide bonds. The van der Waals surface area contributed by atoms with Gasteiger partial charge in [-0.05, 0) is 72.4 Å². The summed E-state index contributed by atoms with van der Waals surface area (Å²) >= 11 is 0.436. The molecule has 3 rings (SSSR count). The Morgan fingerprint density at radius 3 is 1.88 bits per heavy atom. The number of hydrogen-bond donors (Lipinski definition) is 4. The van der Waals surface area contributed by atoms with Crippen LogP contribution in [0.25, 0.3) is 0 Å². The minimum atomic E-state index is -4.88. The lowest BCUT2D eigenvalue weighted by Gasteiger charge is -2.28. The van der Waals surface area contributed by atoms with E-state index in [1.165, 1.54) is 0 Å². The third kappa shape index (κ3) is 15.4. The summed E-state index contributed by atoms with van der Waals surface area (Å²) in [5, 5.41) is 7.17. The van der Waals surface area contributed by atoms with Gasteiger partial charge in [0, 0.05) is 35.6 Å². The minimum absolute atomic E-state index is 0.221. The van der Waals surface area contributed by atoms with Crippen LogP contribution in [-0.4, -0.2) is 77.0 Å². The number of halogens is 6. The topological polar surface area (TPSA) is 164 Å². The van der Waals surface area contributed by atoms with E-state index in [0.717, 1.165) is 0 Å². The number of carbonyl (C=O) groups is 5. The second-order valence-electron chi connectivity index (χ2n) is 14.8. The number of nitrogens with one attached hydrogen (secondary N) is 4. The molecule has 19 heteroatoms. The molecule has 56 heavy (non-hydrogen) atoms. The summed E-state index contributed by atoms with van der Waals surface area (Å²) in [5.41, 5.74) is -0.520. The number of benzodiazepines with no additional fused rings is 1. The van der Waals surface area contributed by atoms with Crippen molar-refractivity contribution in [3.05, 3.63) is 65.7 Å². The van der Waals surface area contributed by atoms with Crippen LogP contribution < -0.4 is 20.7 Å². The normalized spacial score (nSPS) is 16.5. The van der Waals surface area contributed by atoms with Gasteiger partial charge in [-0.3, -0.25) is 19.1 Å². The lowest BCUT2D eigenvalue weighted by molar-refractivity contribution is -0.156. The molecule has 2 aromatic carbocycles. The number of hydrogen-bond acceptors (Lipinski definition) is 9. The van der Waals surface area contributed by atoms with Gasteiger partial charge < -0.3 is 25.4 Å². The first-order valence-electron chi connectivity index (χ1n) is 17.4. The third-order valence-corrected chi connectivity index (χ3v) is 8.56. The molecule has 0 saturated heterocycles. The first-order chi connectivity index (χ1) is 25.8. The molecule has 0 aliphatic carbocycles. The third-order valence-electron chi connectivity index (χ3n) is 7.71. The predicted octanol–water partition coefficient (Wildman–Crippen LogP) is 6.84. The van der Waals surface area contributed by atoms with Gasteiger partial charge in [0.15, 0.2) is 0 Å².